The number of hydrogen-bond donors (Lipinski definition) is 2. The highest BCUT2D eigenvalue weighted by molar-refractivity contribution is 6.04. The lowest BCUT2D eigenvalue weighted by atomic mass is 9.97. The second-order valence-electron chi connectivity index (χ2n) is 6.46. The Kier molecular flexibility index (Phi) is 5.12. The fourth-order valence-corrected chi connectivity index (χ4v) is 3.16. The SMILES string of the molecule is O=C(Nc1cccnc1)c1ccc(NC(=O)[C@H]2OCCc3ccccc32)cc1. The number of benzene rings is 2. The van der Waals surface area contributed by atoms with Crippen LogP contribution in [0.4, 0.5) is 11.4 Å². The lowest BCUT2D eigenvalue weighted by molar-refractivity contribution is -0.128. The standard InChI is InChI=1S/C22H19N3O3/c26-21(25-18-5-3-12-23-14-18)16-7-9-17(10-8-16)24-22(27)20-19-6-2-1-4-15(19)11-13-28-20/h1-10,12,14,20H,11,13H2,(H,24,27)(H,25,26)/t20-/m0/s1. The molecule has 0 radical (unpaired) electrons. The fraction of sp³-hybridized carbons (Fsp3) is 0.136. The van der Waals surface area contributed by atoms with Gasteiger partial charge >= 0.3 is 0 Å². The van der Waals surface area contributed by atoms with Crippen LogP contribution in [0.2, 0.25) is 0 Å². The van der Waals surface area contributed by atoms with Crippen molar-refractivity contribution >= 4 is 23.2 Å². The Morgan fingerprint density at radius 1 is 0.929 bits per heavy atom. The van der Waals surface area contributed by atoms with Gasteiger partial charge in [-0.05, 0) is 53.9 Å². The molecule has 28 heavy (non-hydrogen) atoms. The van der Waals surface area contributed by atoms with E-state index in [1.54, 1.807) is 48.8 Å². The molecule has 2 amide bonds. The predicted molar refractivity (Wildman–Crippen MR) is 106 cm³/mol. The number of nitrogens with zero attached hydrogens (tertiary/aromatic N) is 1. The Morgan fingerprint density at radius 2 is 1.75 bits per heavy atom. The van der Waals surface area contributed by atoms with E-state index in [2.05, 4.69) is 15.6 Å². The van der Waals surface area contributed by atoms with Crippen LogP contribution in [0, 0.1) is 0 Å². The zero-order chi connectivity index (χ0) is 19.3. The van der Waals surface area contributed by atoms with Crippen LogP contribution in [-0.4, -0.2) is 23.4 Å². The van der Waals surface area contributed by atoms with Crippen LogP contribution in [-0.2, 0) is 16.0 Å². The first-order valence-corrected chi connectivity index (χ1v) is 9.02. The lowest BCUT2D eigenvalue weighted by Gasteiger charge is -2.25. The van der Waals surface area contributed by atoms with Crippen LogP contribution < -0.4 is 10.6 Å². The smallest absolute Gasteiger partial charge is 0.258 e. The van der Waals surface area contributed by atoms with Crippen LogP contribution in [0.25, 0.3) is 0 Å². The van der Waals surface area contributed by atoms with Gasteiger partial charge in [0.2, 0.25) is 0 Å². The number of carbonyl (C=O) groups is 2. The molecule has 1 atom stereocenters. The molecule has 6 heteroatoms. The first-order chi connectivity index (χ1) is 13.7. The van der Waals surface area contributed by atoms with E-state index < -0.39 is 6.10 Å². The van der Waals surface area contributed by atoms with Crippen molar-refractivity contribution in [3.63, 3.8) is 0 Å². The van der Waals surface area contributed by atoms with E-state index in [-0.39, 0.29) is 11.8 Å². The maximum absolute atomic E-state index is 12.7. The van der Waals surface area contributed by atoms with Crippen molar-refractivity contribution in [2.45, 2.75) is 12.5 Å². The third kappa shape index (κ3) is 3.92. The molecule has 2 aromatic carbocycles. The van der Waals surface area contributed by atoms with Crippen LogP contribution in [0.3, 0.4) is 0 Å². The number of carbonyl (C=O) groups excluding carboxylic acids is 2. The number of amides is 2. The molecule has 2 N–H and O–H groups in total. The Labute approximate surface area is 162 Å². The van der Waals surface area contributed by atoms with Gasteiger partial charge in [0.1, 0.15) is 0 Å². The predicted octanol–water partition coefficient (Wildman–Crippen LogP) is 3.59. The topological polar surface area (TPSA) is 80.3 Å². The van der Waals surface area contributed by atoms with E-state index in [0.29, 0.717) is 23.5 Å². The van der Waals surface area contributed by atoms with Crippen molar-refractivity contribution < 1.29 is 14.3 Å². The van der Waals surface area contributed by atoms with Gasteiger partial charge in [-0.3, -0.25) is 14.6 Å². The molecular formula is C22H19N3O3. The maximum Gasteiger partial charge on any atom is 0.258 e. The quantitative estimate of drug-likeness (QED) is 0.732. The summed E-state index contributed by atoms with van der Waals surface area (Å²) < 4.78 is 5.68. The number of ether oxygens (including phenoxy) is 1. The van der Waals surface area contributed by atoms with Crippen LogP contribution in [0.15, 0.2) is 73.1 Å². The number of aromatic nitrogens is 1. The van der Waals surface area contributed by atoms with E-state index in [1.165, 1.54) is 0 Å². The molecule has 0 aliphatic carbocycles. The summed E-state index contributed by atoms with van der Waals surface area (Å²) >= 11 is 0. The van der Waals surface area contributed by atoms with Gasteiger partial charge in [-0.1, -0.05) is 24.3 Å². The molecule has 6 nitrogen and oxygen atoms in total. The molecule has 0 unspecified atom stereocenters. The van der Waals surface area contributed by atoms with E-state index in [4.69, 9.17) is 4.74 Å². The van der Waals surface area contributed by atoms with Crippen molar-refractivity contribution in [1.82, 2.24) is 4.98 Å². The van der Waals surface area contributed by atoms with Crippen LogP contribution in [0.1, 0.15) is 27.6 Å². The van der Waals surface area contributed by atoms with Gasteiger partial charge in [0.05, 0.1) is 18.5 Å². The number of nitrogens with one attached hydrogen (secondary N) is 2. The van der Waals surface area contributed by atoms with E-state index in [0.717, 1.165) is 17.5 Å². The maximum atomic E-state index is 12.7. The molecule has 0 saturated heterocycles. The van der Waals surface area contributed by atoms with Gasteiger partial charge in [0.25, 0.3) is 11.8 Å². The van der Waals surface area contributed by atoms with Gasteiger partial charge in [0.15, 0.2) is 6.10 Å². The lowest BCUT2D eigenvalue weighted by Crippen LogP contribution is -2.28. The second-order valence-corrected chi connectivity index (χ2v) is 6.46. The normalized spacial score (nSPS) is 15.4. The Morgan fingerprint density at radius 3 is 2.54 bits per heavy atom. The highest BCUT2D eigenvalue weighted by atomic mass is 16.5. The van der Waals surface area contributed by atoms with Crippen LogP contribution in [0.5, 0.6) is 0 Å². The average molecular weight is 373 g/mol. The molecule has 3 aromatic rings. The highest BCUT2D eigenvalue weighted by Gasteiger charge is 2.27. The molecule has 1 aromatic heterocycles. The number of pyridine rings is 1. The molecule has 2 heterocycles. The summed E-state index contributed by atoms with van der Waals surface area (Å²) in [5.41, 5.74) is 3.75. The summed E-state index contributed by atoms with van der Waals surface area (Å²) in [7, 11) is 0. The third-order valence-corrected chi connectivity index (χ3v) is 4.57. The Balaban J connectivity index is 1.42. The second kappa shape index (κ2) is 8.02. The molecule has 0 fully saturated rings. The van der Waals surface area contributed by atoms with Crippen molar-refractivity contribution in [3.8, 4) is 0 Å². The summed E-state index contributed by atoms with van der Waals surface area (Å²) in [6.45, 7) is 0.516. The van der Waals surface area contributed by atoms with Crippen LogP contribution >= 0.6 is 0 Å². The number of rotatable bonds is 4. The molecule has 4 rings (SSSR count). The van der Waals surface area contributed by atoms with Crippen molar-refractivity contribution in [3.05, 3.63) is 89.7 Å². The first kappa shape index (κ1) is 17.9. The largest absolute Gasteiger partial charge is 0.363 e. The summed E-state index contributed by atoms with van der Waals surface area (Å²) in [6.07, 6.45) is 3.40. The Bertz CT molecular complexity index is 987. The number of anilines is 2. The van der Waals surface area contributed by atoms with E-state index in [9.17, 15) is 9.59 Å². The van der Waals surface area contributed by atoms with Gasteiger partial charge in [-0.15, -0.1) is 0 Å². The summed E-state index contributed by atoms with van der Waals surface area (Å²) in [4.78, 5) is 28.9. The minimum Gasteiger partial charge on any atom is -0.363 e. The van der Waals surface area contributed by atoms with Gasteiger partial charge in [-0.25, -0.2) is 0 Å². The Hall–Kier alpha value is -3.51. The summed E-state index contributed by atoms with van der Waals surface area (Å²) in [5.74, 6) is -0.463. The van der Waals surface area contributed by atoms with Gasteiger partial charge in [0, 0.05) is 17.4 Å². The monoisotopic (exact) mass is 373 g/mol. The zero-order valence-electron chi connectivity index (χ0n) is 15.1. The zero-order valence-corrected chi connectivity index (χ0v) is 15.1. The molecular weight excluding hydrogens is 354 g/mol. The summed E-state index contributed by atoms with van der Waals surface area (Å²) in [5, 5.41) is 5.64. The molecule has 140 valence electrons. The van der Waals surface area contributed by atoms with E-state index >= 15 is 0 Å². The average Bonchev–Trinajstić information content (AvgIpc) is 2.74. The summed E-state index contributed by atoms with van der Waals surface area (Å²) in [6, 6.07) is 18.1. The molecule has 0 bridgehead atoms. The first-order valence-electron chi connectivity index (χ1n) is 9.02. The van der Waals surface area contributed by atoms with Gasteiger partial charge < -0.3 is 15.4 Å². The molecule has 1 aliphatic rings. The molecule has 0 saturated carbocycles. The third-order valence-electron chi connectivity index (χ3n) is 4.57. The number of hydrogen-bond acceptors (Lipinski definition) is 4. The van der Waals surface area contributed by atoms with Gasteiger partial charge in [-0.2, -0.15) is 0 Å². The molecule has 1 aliphatic heterocycles. The van der Waals surface area contributed by atoms with Crippen molar-refractivity contribution in [2.75, 3.05) is 17.2 Å². The minimum absolute atomic E-state index is 0.222. The highest BCUT2D eigenvalue weighted by Crippen LogP contribution is 2.28. The molecule has 0 spiro atoms. The van der Waals surface area contributed by atoms with E-state index in [1.807, 2.05) is 24.3 Å². The number of fused-ring (bicyclic) bond motifs is 1. The van der Waals surface area contributed by atoms with Crippen molar-refractivity contribution in [2.24, 2.45) is 0 Å². The van der Waals surface area contributed by atoms with Crippen molar-refractivity contribution in [1.29, 1.82) is 0 Å². The minimum atomic E-state index is -0.626. The fourth-order valence-electron chi connectivity index (χ4n) is 3.16.